The zero-order valence-corrected chi connectivity index (χ0v) is 8.77. The molecule has 0 unspecified atom stereocenters. The minimum Gasteiger partial charge on any atom is -0.465 e. The summed E-state index contributed by atoms with van der Waals surface area (Å²) in [6.07, 6.45) is 1.98. The molecule has 2 nitrogen and oxygen atoms in total. The van der Waals surface area contributed by atoms with Crippen molar-refractivity contribution in [3.63, 3.8) is 0 Å². The molecule has 1 rings (SSSR count). The lowest BCUT2D eigenvalue weighted by atomic mass is 10.1. The average molecular weight is 196 g/mol. The summed E-state index contributed by atoms with van der Waals surface area (Å²) < 4.78 is 4.67. The van der Waals surface area contributed by atoms with Crippen LogP contribution in [0.1, 0.15) is 15.9 Å². The minimum atomic E-state index is -0.270. The van der Waals surface area contributed by atoms with Gasteiger partial charge in [-0.3, -0.25) is 0 Å². The zero-order chi connectivity index (χ0) is 9.84. The first-order valence-corrected chi connectivity index (χ1v) is 5.14. The highest BCUT2D eigenvalue weighted by atomic mass is 32.2. The molecule has 13 heavy (non-hydrogen) atoms. The first-order valence-electron chi connectivity index (χ1n) is 3.92. The number of ether oxygens (including phenoxy) is 1. The Balaban J connectivity index is 3.11. The van der Waals surface area contributed by atoms with E-state index in [-0.39, 0.29) is 5.97 Å². The highest BCUT2D eigenvalue weighted by molar-refractivity contribution is 7.98. The van der Waals surface area contributed by atoms with Gasteiger partial charge >= 0.3 is 5.97 Å². The molecule has 0 aliphatic carbocycles. The first kappa shape index (κ1) is 10.1. The number of aryl methyl sites for hydroxylation is 1. The molecule has 0 amide bonds. The Hall–Kier alpha value is -0.960. The van der Waals surface area contributed by atoms with Gasteiger partial charge < -0.3 is 4.74 Å². The van der Waals surface area contributed by atoms with E-state index in [1.165, 1.54) is 7.11 Å². The van der Waals surface area contributed by atoms with E-state index in [0.717, 1.165) is 10.5 Å². The molecule has 0 heterocycles. The largest absolute Gasteiger partial charge is 0.465 e. The van der Waals surface area contributed by atoms with E-state index in [2.05, 4.69) is 4.74 Å². The third-order valence-corrected chi connectivity index (χ3v) is 2.58. The number of methoxy groups -OCH3 is 1. The molecule has 0 saturated heterocycles. The van der Waals surface area contributed by atoms with Gasteiger partial charge in [-0.2, -0.15) is 0 Å². The summed E-state index contributed by atoms with van der Waals surface area (Å²) in [7, 11) is 1.40. The predicted molar refractivity (Wildman–Crippen MR) is 54.3 cm³/mol. The van der Waals surface area contributed by atoms with Crippen LogP contribution in [0.3, 0.4) is 0 Å². The fourth-order valence-electron chi connectivity index (χ4n) is 1.06. The molecule has 70 valence electrons. The van der Waals surface area contributed by atoms with Crippen molar-refractivity contribution in [2.75, 3.05) is 13.4 Å². The number of carbonyl (C=O) groups is 1. The Morgan fingerprint density at radius 1 is 1.46 bits per heavy atom. The molecule has 0 saturated carbocycles. The van der Waals surface area contributed by atoms with Crippen molar-refractivity contribution < 1.29 is 9.53 Å². The molecule has 0 aromatic heterocycles. The van der Waals surface area contributed by atoms with Crippen LogP contribution in [-0.2, 0) is 4.74 Å². The van der Waals surface area contributed by atoms with Gasteiger partial charge in [-0.25, -0.2) is 4.79 Å². The fourth-order valence-corrected chi connectivity index (χ4v) is 1.50. The summed E-state index contributed by atoms with van der Waals surface area (Å²) in [4.78, 5) is 12.3. The van der Waals surface area contributed by atoms with E-state index in [1.54, 1.807) is 11.8 Å². The Kier molecular flexibility index (Phi) is 3.37. The smallest absolute Gasteiger partial charge is 0.338 e. The zero-order valence-electron chi connectivity index (χ0n) is 7.96. The van der Waals surface area contributed by atoms with Crippen LogP contribution in [0, 0.1) is 6.92 Å². The van der Waals surface area contributed by atoms with Crippen molar-refractivity contribution in [3.05, 3.63) is 29.3 Å². The van der Waals surface area contributed by atoms with Crippen molar-refractivity contribution in [1.82, 2.24) is 0 Å². The number of benzene rings is 1. The van der Waals surface area contributed by atoms with E-state index >= 15 is 0 Å². The number of carbonyl (C=O) groups excluding carboxylic acids is 1. The Bertz CT molecular complexity index is 321. The quantitative estimate of drug-likeness (QED) is 0.537. The Labute approximate surface area is 82.3 Å². The summed E-state index contributed by atoms with van der Waals surface area (Å²) in [5, 5.41) is 0. The summed E-state index contributed by atoms with van der Waals surface area (Å²) in [5.74, 6) is -0.270. The van der Waals surface area contributed by atoms with Crippen LogP contribution in [0.4, 0.5) is 0 Å². The molecule has 0 aliphatic rings. The lowest BCUT2D eigenvalue weighted by Crippen LogP contribution is -2.03. The Morgan fingerprint density at radius 3 is 2.69 bits per heavy atom. The van der Waals surface area contributed by atoms with Crippen LogP contribution in [0.5, 0.6) is 0 Å². The second kappa shape index (κ2) is 4.33. The molecular weight excluding hydrogens is 184 g/mol. The second-order valence-corrected chi connectivity index (χ2v) is 3.55. The molecule has 0 bridgehead atoms. The summed E-state index contributed by atoms with van der Waals surface area (Å²) in [6.45, 7) is 1.90. The molecule has 0 N–H and O–H groups in total. The first-order chi connectivity index (χ1) is 6.19. The van der Waals surface area contributed by atoms with Crippen LogP contribution in [0.2, 0.25) is 0 Å². The maximum absolute atomic E-state index is 11.3. The van der Waals surface area contributed by atoms with E-state index < -0.39 is 0 Å². The van der Waals surface area contributed by atoms with Crippen molar-refractivity contribution >= 4 is 17.7 Å². The van der Waals surface area contributed by atoms with Gasteiger partial charge in [0.2, 0.25) is 0 Å². The van der Waals surface area contributed by atoms with Crippen LogP contribution < -0.4 is 0 Å². The van der Waals surface area contributed by atoms with Gasteiger partial charge in [0, 0.05) is 4.90 Å². The van der Waals surface area contributed by atoms with E-state index in [0.29, 0.717) is 5.56 Å². The molecule has 3 heteroatoms. The number of hydrogen-bond acceptors (Lipinski definition) is 3. The number of hydrogen-bond donors (Lipinski definition) is 0. The molecular formula is C10H12O2S. The predicted octanol–water partition coefficient (Wildman–Crippen LogP) is 2.50. The van der Waals surface area contributed by atoms with Gasteiger partial charge in [-0.15, -0.1) is 11.8 Å². The monoisotopic (exact) mass is 196 g/mol. The van der Waals surface area contributed by atoms with Crippen molar-refractivity contribution in [3.8, 4) is 0 Å². The molecule has 0 aliphatic heterocycles. The van der Waals surface area contributed by atoms with Crippen LogP contribution in [0.25, 0.3) is 0 Å². The summed E-state index contributed by atoms with van der Waals surface area (Å²) in [6, 6.07) is 5.77. The molecule has 0 fully saturated rings. The summed E-state index contributed by atoms with van der Waals surface area (Å²) >= 11 is 1.61. The lowest BCUT2D eigenvalue weighted by molar-refractivity contribution is 0.0599. The third-order valence-electron chi connectivity index (χ3n) is 1.85. The molecule has 0 spiro atoms. The van der Waals surface area contributed by atoms with Crippen molar-refractivity contribution in [2.24, 2.45) is 0 Å². The molecule has 1 aromatic rings. The van der Waals surface area contributed by atoms with Crippen molar-refractivity contribution in [2.45, 2.75) is 11.8 Å². The van der Waals surface area contributed by atoms with Crippen LogP contribution in [-0.4, -0.2) is 19.3 Å². The molecule has 1 aromatic carbocycles. The Morgan fingerprint density at radius 2 is 2.15 bits per heavy atom. The minimum absolute atomic E-state index is 0.270. The topological polar surface area (TPSA) is 26.3 Å². The maximum atomic E-state index is 11.3. The van der Waals surface area contributed by atoms with Gasteiger partial charge in [-0.05, 0) is 30.9 Å². The standard InChI is InChI=1S/C10H12O2S/c1-7-4-5-8(13-3)6-9(7)10(11)12-2/h4-6H,1-3H3. The van der Waals surface area contributed by atoms with E-state index in [1.807, 2.05) is 31.4 Å². The van der Waals surface area contributed by atoms with Gasteiger partial charge in [0.25, 0.3) is 0 Å². The normalized spacial score (nSPS) is 9.77. The average Bonchev–Trinajstić information content (AvgIpc) is 2.17. The van der Waals surface area contributed by atoms with Gasteiger partial charge in [0.1, 0.15) is 0 Å². The van der Waals surface area contributed by atoms with Gasteiger partial charge in [0.15, 0.2) is 0 Å². The highest BCUT2D eigenvalue weighted by Crippen LogP contribution is 2.19. The van der Waals surface area contributed by atoms with Crippen molar-refractivity contribution in [1.29, 1.82) is 0 Å². The summed E-state index contributed by atoms with van der Waals surface area (Å²) in [5.41, 5.74) is 1.60. The van der Waals surface area contributed by atoms with E-state index in [4.69, 9.17) is 0 Å². The van der Waals surface area contributed by atoms with Crippen LogP contribution in [0.15, 0.2) is 23.1 Å². The molecule has 0 radical (unpaired) electrons. The third kappa shape index (κ3) is 2.25. The lowest BCUT2D eigenvalue weighted by Gasteiger charge is -2.04. The molecule has 0 atom stereocenters. The van der Waals surface area contributed by atoms with Gasteiger partial charge in [0.05, 0.1) is 12.7 Å². The van der Waals surface area contributed by atoms with E-state index in [9.17, 15) is 4.79 Å². The van der Waals surface area contributed by atoms with Gasteiger partial charge in [-0.1, -0.05) is 6.07 Å². The van der Waals surface area contributed by atoms with Crippen LogP contribution >= 0.6 is 11.8 Å². The SMILES string of the molecule is COC(=O)c1cc(SC)ccc1C. The number of esters is 1. The fraction of sp³-hybridized carbons (Fsp3) is 0.300. The number of rotatable bonds is 2. The second-order valence-electron chi connectivity index (χ2n) is 2.67. The highest BCUT2D eigenvalue weighted by Gasteiger charge is 2.08. The number of thioether (sulfide) groups is 1. The maximum Gasteiger partial charge on any atom is 0.338 e.